The number of ether oxygens (including phenoxy) is 2. The summed E-state index contributed by atoms with van der Waals surface area (Å²) in [5, 5.41) is 0. The summed E-state index contributed by atoms with van der Waals surface area (Å²) in [5.74, 6) is 1.36. The van der Waals surface area contributed by atoms with Crippen molar-refractivity contribution in [2.24, 2.45) is 0 Å². The maximum Gasteiger partial charge on any atom is 0.229 e. The van der Waals surface area contributed by atoms with Crippen molar-refractivity contribution in [1.29, 1.82) is 0 Å². The van der Waals surface area contributed by atoms with Crippen molar-refractivity contribution in [1.82, 2.24) is 0 Å². The van der Waals surface area contributed by atoms with Crippen LogP contribution in [0.4, 0.5) is 0 Å². The van der Waals surface area contributed by atoms with E-state index in [1.807, 2.05) is 0 Å². The molecule has 19 heavy (non-hydrogen) atoms. The highest BCUT2D eigenvalue weighted by Crippen LogP contribution is 2.36. The second-order valence-corrected chi connectivity index (χ2v) is 4.99. The minimum absolute atomic E-state index is 0.187. The van der Waals surface area contributed by atoms with E-state index < -0.39 is 0 Å². The Kier molecular flexibility index (Phi) is 3.29. The normalized spacial score (nSPS) is 13.9. The van der Waals surface area contributed by atoms with Crippen LogP contribution in [0.2, 0.25) is 0 Å². The fourth-order valence-electron chi connectivity index (χ4n) is 1.90. The van der Waals surface area contributed by atoms with Crippen molar-refractivity contribution in [3.05, 3.63) is 46.3 Å². The summed E-state index contributed by atoms with van der Waals surface area (Å²) in [6, 6.07) is 6.77. The molecule has 1 aromatic heterocycles. The lowest BCUT2D eigenvalue weighted by molar-refractivity contribution is 0.101. The molecule has 1 aliphatic heterocycles. The van der Waals surface area contributed by atoms with Gasteiger partial charge in [-0.3, -0.25) is 4.79 Å². The van der Waals surface area contributed by atoms with Crippen LogP contribution in [-0.4, -0.2) is 19.0 Å². The molecular formula is C14H11BrO4. The van der Waals surface area contributed by atoms with Crippen molar-refractivity contribution in [3.63, 3.8) is 0 Å². The Bertz CT molecular complexity index is 604. The number of halogens is 1. The number of rotatable bonds is 2. The average molecular weight is 323 g/mol. The number of carbonyl (C=O) groups excluding carboxylic acids is 1. The maximum absolute atomic E-state index is 12.3. The summed E-state index contributed by atoms with van der Waals surface area (Å²) in [7, 11) is 0. The van der Waals surface area contributed by atoms with Crippen molar-refractivity contribution < 1.29 is 18.7 Å². The highest BCUT2D eigenvalue weighted by atomic mass is 79.9. The van der Waals surface area contributed by atoms with Crippen LogP contribution >= 0.6 is 15.9 Å². The topological polar surface area (TPSA) is 48.7 Å². The molecule has 0 aliphatic carbocycles. The molecule has 0 bridgehead atoms. The molecule has 0 spiro atoms. The minimum Gasteiger partial charge on any atom is -0.490 e. The fraction of sp³-hybridized carbons (Fsp3) is 0.214. The van der Waals surface area contributed by atoms with Gasteiger partial charge in [0.05, 0.1) is 19.5 Å². The molecule has 1 aromatic carbocycles. The van der Waals surface area contributed by atoms with Gasteiger partial charge in [0, 0.05) is 16.5 Å². The molecule has 0 atom stereocenters. The predicted molar refractivity (Wildman–Crippen MR) is 71.9 cm³/mol. The SMILES string of the molecule is O=C(c1ccco1)c1cc2c(cc1Br)OCCCO2. The Morgan fingerprint density at radius 1 is 1.16 bits per heavy atom. The molecule has 2 aromatic rings. The predicted octanol–water partition coefficient (Wildman–Crippen LogP) is 3.43. The third-order valence-corrected chi connectivity index (χ3v) is 3.48. The molecule has 0 saturated heterocycles. The van der Waals surface area contributed by atoms with E-state index in [9.17, 15) is 4.79 Å². The van der Waals surface area contributed by atoms with Crippen LogP contribution in [0.5, 0.6) is 11.5 Å². The second kappa shape index (κ2) is 5.09. The Labute approximate surface area is 118 Å². The van der Waals surface area contributed by atoms with Crippen molar-refractivity contribution in [2.75, 3.05) is 13.2 Å². The highest BCUT2D eigenvalue weighted by molar-refractivity contribution is 9.10. The highest BCUT2D eigenvalue weighted by Gasteiger charge is 2.20. The van der Waals surface area contributed by atoms with Crippen LogP contribution in [0.15, 0.2) is 39.4 Å². The van der Waals surface area contributed by atoms with E-state index in [0.717, 1.165) is 6.42 Å². The molecule has 5 heteroatoms. The lowest BCUT2D eigenvalue weighted by atomic mass is 10.1. The zero-order chi connectivity index (χ0) is 13.2. The third-order valence-electron chi connectivity index (χ3n) is 2.83. The molecule has 0 unspecified atom stereocenters. The monoisotopic (exact) mass is 322 g/mol. The summed E-state index contributed by atoms with van der Waals surface area (Å²) < 4.78 is 16.9. The lowest BCUT2D eigenvalue weighted by Gasteiger charge is -2.10. The Morgan fingerprint density at radius 2 is 1.89 bits per heavy atom. The van der Waals surface area contributed by atoms with E-state index in [-0.39, 0.29) is 5.78 Å². The quantitative estimate of drug-likeness (QED) is 0.795. The van der Waals surface area contributed by atoms with Gasteiger partial charge in [0.1, 0.15) is 0 Å². The fourth-order valence-corrected chi connectivity index (χ4v) is 2.40. The molecule has 0 fully saturated rings. The first-order valence-electron chi connectivity index (χ1n) is 5.93. The van der Waals surface area contributed by atoms with Gasteiger partial charge in [-0.15, -0.1) is 0 Å². The first-order valence-corrected chi connectivity index (χ1v) is 6.72. The summed E-state index contributed by atoms with van der Waals surface area (Å²) >= 11 is 3.39. The van der Waals surface area contributed by atoms with E-state index >= 15 is 0 Å². The summed E-state index contributed by atoms with van der Waals surface area (Å²) in [6.45, 7) is 1.20. The van der Waals surface area contributed by atoms with Crippen molar-refractivity contribution in [2.45, 2.75) is 6.42 Å². The first kappa shape index (κ1) is 12.3. The van der Waals surface area contributed by atoms with E-state index in [2.05, 4.69) is 15.9 Å². The van der Waals surface area contributed by atoms with Gasteiger partial charge in [0.2, 0.25) is 5.78 Å². The number of ketones is 1. The van der Waals surface area contributed by atoms with Gasteiger partial charge in [-0.25, -0.2) is 0 Å². The number of fused-ring (bicyclic) bond motifs is 1. The number of hydrogen-bond acceptors (Lipinski definition) is 4. The summed E-state index contributed by atoms with van der Waals surface area (Å²) in [5.41, 5.74) is 0.499. The van der Waals surface area contributed by atoms with E-state index in [1.165, 1.54) is 6.26 Å². The van der Waals surface area contributed by atoms with Gasteiger partial charge in [0.15, 0.2) is 17.3 Å². The average Bonchev–Trinajstić information content (AvgIpc) is 2.84. The molecule has 4 nitrogen and oxygen atoms in total. The Morgan fingerprint density at radius 3 is 2.58 bits per heavy atom. The van der Waals surface area contributed by atoms with Crippen LogP contribution in [0, 0.1) is 0 Å². The van der Waals surface area contributed by atoms with Crippen LogP contribution in [0.25, 0.3) is 0 Å². The molecule has 2 heterocycles. The molecule has 0 amide bonds. The van der Waals surface area contributed by atoms with E-state index in [1.54, 1.807) is 24.3 Å². The van der Waals surface area contributed by atoms with Crippen LogP contribution in [0.1, 0.15) is 22.5 Å². The number of benzene rings is 1. The van der Waals surface area contributed by atoms with E-state index in [0.29, 0.717) is 40.5 Å². The molecule has 0 radical (unpaired) electrons. The van der Waals surface area contributed by atoms with Gasteiger partial charge < -0.3 is 13.9 Å². The van der Waals surface area contributed by atoms with Gasteiger partial charge in [0.25, 0.3) is 0 Å². The Hall–Kier alpha value is -1.75. The molecule has 3 rings (SSSR count). The van der Waals surface area contributed by atoms with Gasteiger partial charge >= 0.3 is 0 Å². The van der Waals surface area contributed by atoms with Crippen LogP contribution < -0.4 is 9.47 Å². The smallest absolute Gasteiger partial charge is 0.229 e. The number of furan rings is 1. The lowest BCUT2D eigenvalue weighted by Crippen LogP contribution is -2.02. The minimum atomic E-state index is -0.187. The maximum atomic E-state index is 12.3. The standard InChI is InChI=1S/C14H11BrO4/c15-10-8-13-12(18-5-2-6-19-13)7-9(10)14(16)11-3-1-4-17-11/h1,3-4,7-8H,2,5-6H2. The van der Waals surface area contributed by atoms with Crippen LogP contribution in [-0.2, 0) is 0 Å². The van der Waals surface area contributed by atoms with E-state index in [4.69, 9.17) is 13.9 Å². The molecule has 0 N–H and O–H groups in total. The molecule has 98 valence electrons. The van der Waals surface area contributed by atoms with Gasteiger partial charge in [-0.05, 0) is 40.2 Å². The van der Waals surface area contributed by atoms with Gasteiger partial charge in [-0.2, -0.15) is 0 Å². The number of carbonyl (C=O) groups is 1. The molecular weight excluding hydrogens is 312 g/mol. The molecule has 0 saturated carbocycles. The number of hydrogen-bond donors (Lipinski definition) is 0. The largest absolute Gasteiger partial charge is 0.490 e. The second-order valence-electron chi connectivity index (χ2n) is 4.14. The van der Waals surface area contributed by atoms with Gasteiger partial charge in [-0.1, -0.05) is 0 Å². The zero-order valence-corrected chi connectivity index (χ0v) is 11.6. The third kappa shape index (κ3) is 2.38. The molecule has 1 aliphatic rings. The van der Waals surface area contributed by atoms with Crippen molar-refractivity contribution >= 4 is 21.7 Å². The summed E-state index contributed by atoms with van der Waals surface area (Å²) in [6.07, 6.45) is 2.30. The zero-order valence-electron chi connectivity index (χ0n) is 10.0. The Balaban J connectivity index is 2.02. The van der Waals surface area contributed by atoms with Crippen LogP contribution in [0.3, 0.4) is 0 Å². The summed E-state index contributed by atoms with van der Waals surface area (Å²) in [4.78, 5) is 12.3. The first-order chi connectivity index (χ1) is 9.25. The van der Waals surface area contributed by atoms with Crippen molar-refractivity contribution in [3.8, 4) is 11.5 Å².